The average molecular weight is 621 g/mol. The van der Waals surface area contributed by atoms with Crippen LogP contribution in [-0.4, -0.2) is 28.8 Å². The molecule has 3 aromatic carbocycles. The Kier molecular flexibility index (Phi) is 8.19. The molecule has 0 radical (unpaired) electrons. The molecule has 182 valence electrons. The van der Waals surface area contributed by atoms with E-state index < -0.39 is 31.5 Å². The van der Waals surface area contributed by atoms with Gasteiger partial charge in [0.2, 0.25) is 10.0 Å². The molecule has 0 aliphatic rings. The minimum atomic E-state index is -3.80. The van der Waals surface area contributed by atoms with Crippen LogP contribution in [0.5, 0.6) is 11.5 Å². The number of benzene rings is 3. The Balaban J connectivity index is 2.05. The summed E-state index contributed by atoms with van der Waals surface area (Å²) in [7, 11) is -7.09. The van der Waals surface area contributed by atoms with Crippen molar-refractivity contribution < 1.29 is 30.4 Å². The predicted molar refractivity (Wildman–Crippen MR) is 136 cm³/mol. The maximum atomic E-state index is 14.5. The van der Waals surface area contributed by atoms with Crippen molar-refractivity contribution in [3.8, 4) is 11.5 Å². The second-order valence-electron chi connectivity index (χ2n) is 7.65. The predicted octanol–water partition coefficient (Wildman–Crippen LogP) is 5.26. The van der Waals surface area contributed by atoms with Crippen LogP contribution in [0.4, 0.5) is 14.5 Å². The lowest BCUT2D eigenvalue weighted by molar-refractivity contribution is 0.477. The zero-order chi connectivity index (χ0) is 25.1. The largest absolute Gasteiger partial charge is 0.455 e. The molecular weight excluding hydrogens is 599 g/mol. The molecule has 3 rings (SSSR count). The van der Waals surface area contributed by atoms with Gasteiger partial charge in [0.1, 0.15) is 17.4 Å². The third-order valence-corrected chi connectivity index (χ3v) is 7.68. The molecule has 0 amide bonds. The first-order valence-corrected chi connectivity index (χ1v) is 14.9. The number of hydrogen-bond acceptors (Lipinski definition) is 5. The Morgan fingerprint density at radius 3 is 2.35 bits per heavy atom. The highest BCUT2D eigenvalue weighted by molar-refractivity contribution is 14.1. The smallest absolute Gasteiger partial charge is 0.229 e. The first-order valence-electron chi connectivity index (χ1n) is 10.1. The SMILES string of the molecule is CCS(=O)(=O)Cc1cccc(Oc2cc(F)cc(Cc3ccc(I)cc3F)c2NS(C)(=O)=O)c1. The first-order chi connectivity index (χ1) is 15.8. The Morgan fingerprint density at radius 1 is 0.971 bits per heavy atom. The fraction of sp³-hybridized carbons (Fsp3) is 0.217. The molecule has 0 saturated heterocycles. The number of sulfonamides is 1. The van der Waals surface area contributed by atoms with Crippen LogP contribution in [0.25, 0.3) is 0 Å². The molecule has 0 bridgehead atoms. The summed E-state index contributed by atoms with van der Waals surface area (Å²) >= 11 is 1.96. The van der Waals surface area contributed by atoms with Crippen molar-refractivity contribution in [2.24, 2.45) is 0 Å². The minimum absolute atomic E-state index is 0.0249. The van der Waals surface area contributed by atoms with E-state index in [2.05, 4.69) is 4.72 Å². The normalized spacial score (nSPS) is 11.9. The van der Waals surface area contributed by atoms with Crippen LogP contribution in [-0.2, 0) is 32.0 Å². The van der Waals surface area contributed by atoms with Crippen molar-refractivity contribution in [1.29, 1.82) is 0 Å². The van der Waals surface area contributed by atoms with E-state index in [4.69, 9.17) is 4.74 Å². The molecule has 3 aromatic rings. The Bertz CT molecular complexity index is 1430. The van der Waals surface area contributed by atoms with Crippen LogP contribution < -0.4 is 9.46 Å². The van der Waals surface area contributed by atoms with Gasteiger partial charge in [0.25, 0.3) is 0 Å². The van der Waals surface area contributed by atoms with Crippen LogP contribution in [0, 0.1) is 15.2 Å². The molecule has 0 saturated carbocycles. The lowest BCUT2D eigenvalue weighted by atomic mass is 10.0. The molecule has 0 fully saturated rings. The van der Waals surface area contributed by atoms with E-state index in [1.807, 2.05) is 22.6 Å². The quantitative estimate of drug-likeness (QED) is 0.330. The van der Waals surface area contributed by atoms with Gasteiger partial charge in [-0.1, -0.05) is 25.1 Å². The summed E-state index contributed by atoms with van der Waals surface area (Å²) in [6, 6.07) is 12.9. The average Bonchev–Trinajstić information content (AvgIpc) is 2.71. The van der Waals surface area contributed by atoms with Gasteiger partial charge in [-0.2, -0.15) is 0 Å². The molecule has 0 aromatic heterocycles. The van der Waals surface area contributed by atoms with Gasteiger partial charge in [0, 0.05) is 21.8 Å². The summed E-state index contributed by atoms with van der Waals surface area (Å²) in [6.07, 6.45) is 0.842. The van der Waals surface area contributed by atoms with Crippen molar-refractivity contribution >= 4 is 48.1 Å². The number of sulfone groups is 1. The maximum absolute atomic E-state index is 14.5. The Labute approximate surface area is 211 Å². The standard InChI is InChI=1S/C23H22F2INO5S2/c1-3-34(30,31)14-15-5-4-6-20(9-15)32-22-12-18(24)11-17(23(22)27-33(2,28)29)10-16-7-8-19(26)13-21(16)25/h4-9,11-13,27H,3,10,14H2,1-2H3. The number of anilines is 1. The highest BCUT2D eigenvalue weighted by Crippen LogP contribution is 2.36. The molecule has 34 heavy (non-hydrogen) atoms. The summed E-state index contributed by atoms with van der Waals surface area (Å²) in [5.41, 5.74) is 0.855. The summed E-state index contributed by atoms with van der Waals surface area (Å²) in [4.78, 5) is 0. The van der Waals surface area contributed by atoms with Gasteiger partial charge < -0.3 is 4.74 Å². The van der Waals surface area contributed by atoms with Gasteiger partial charge in [-0.05, 0) is 69.6 Å². The van der Waals surface area contributed by atoms with Crippen LogP contribution >= 0.6 is 22.6 Å². The number of hydrogen-bond donors (Lipinski definition) is 1. The second-order valence-corrected chi connectivity index (χ2v) is 13.0. The fourth-order valence-corrected chi connectivity index (χ4v) is 5.16. The van der Waals surface area contributed by atoms with Crippen LogP contribution in [0.15, 0.2) is 54.6 Å². The van der Waals surface area contributed by atoms with Crippen molar-refractivity contribution in [1.82, 2.24) is 0 Å². The molecule has 0 unspecified atom stereocenters. The van der Waals surface area contributed by atoms with Crippen LogP contribution in [0.3, 0.4) is 0 Å². The van der Waals surface area contributed by atoms with Crippen LogP contribution in [0.1, 0.15) is 23.6 Å². The topological polar surface area (TPSA) is 89.5 Å². The number of halogens is 3. The van der Waals surface area contributed by atoms with E-state index >= 15 is 0 Å². The van der Waals surface area contributed by atoms with Gasteiger partial charge in [0.05, 0.1) is 17.7 Å². The summed E-state index contributed by atoms with van der Waals surface area (Å²) in [5.74, 6) is -1.38. The zero-order valence-electron chi connectivity index (χ0n) is 18.3. The monoisotopic (exact) mass is 621 g/mol. The molecule has 11 heteroatoms. The van der Waals surface area contributed by atoms with Crippen molar-refractivity contribution in [2.45, 2.75) is 19.1 Å². The Hall–Kier alpha value is -2.25. The van der Waals surface area contributed by atoms with E-state index in [0.29, 0.717) is 9.13 Å². The van der Waals surface area contributed by atoms with Gasteiger partial charge in [-0.15, -0.1) is 0 Å². The summed E-state index contributed by atoms with van der Waals surface area (Å²) in [5, 5.41) is 0. The van der Waals surface area contributed by atoms with Gasteiger partial charge in [-0.3, -0.25) is 4.72 Å². The molecular formula is C23H22F2INO5S2. The molecule has 6 nitrogen and oxygen atoms in total. The summed E-state index contributed by atoms with van der Waals surface area (Å²) < 4.78 is 85.8. The molecule has 1 N–H and O–H groups in total. The Morgan fingerprint density at radius 2 is 1.71 bits per heavy atom. The van der Waals surface area contributed by atoms with E-state index in [1.165, 1.54) is 18.2 Å². The van der Waals surface area contributed by atoms with Crippen molar-refractivity contribution in [2.75, 3.05) is 16.7 Å². The third kappa shape index (κ3) is 7.37. The molecule has 0 heterocycles. The van der Waals surface area contributed by atoms with Gasteiger partial charge in [0.15, 0.2) is 15.6 Å². The summed E-state index contributed by atoms with van der Waals surface area (Å²) in [6.45, 7) is 1.55. The van der Waals surface area contributed by atoms with Crippen LogP contribution in [0.2, 0.25) is 0 Å². The molecule has 0 spiro atoms. The molecule has 0 aliphatic carbocycles. The lowest BCUT2D eigenvalue weighted by Crippen LogP contribution is -2.13. The number of ether oxygens (including phenoxy) is 1. The van der Waals surface area contributed by atoms with E-state index in [-0.39, 0.29) is 46.2 Å². The highest BCUT2D eigenvalue weighted by Gasteiger charge is 2.19. The van der Waals surface area contributed by atoms with E-state index in [0.717, 1.165) is 18.4 Å². The molecule has 0 aliphatic heterocycles. The second kappa shape index (κ2) is 10.6. The van der Waals surface area contributed by atoms with Gasteiger partial charge in [-0.25, -0.2) is 25.6 Å². The van der Waals surface area contributed by atoms with E-state index in [1.54, 1.807) is 31.2 Å². The van der Waals surface area contributed by atoms with Crippen molar-refractivity contribution in [3.63, 3.8) is 0 Å². The number of rotatable bonds is 9. The lowest BCUT2D eigenvalue weighted by Gasteiger charge is -2.17. The zero-order valence-corrected chi connectivity index (χ0v) is 22.1. The highest BCUT2D eigenvalue weighted by atomic mass is 127. The van der Waals surface area contributed by atoms with Crippen molar-refractivity contribution in [3.05, 3.63) is 86.5 Å². The third-order valence-electron chi connectivity index (χ3n) is 4.78. The van der Waals surface area contributed by atoms with Gasteiger partial charge >= 0.3 is 0 Å². The number of nitrogens with one attached hydrogen (secondary N) is 1. The first kappa shape index (κ1) is 26.4. The minimum Gasteiger partial charge on any atom is -0.455 e. The molecule has 0 atom stereocenters. The maximum Gasteiger partial charge on any atom is 0.229 e. The fourth-order valence-electron chi connectivity index (χ4n) is 3.21. The van der Waals surface area contributed by atoms with E-state index in [9.17, 15) is 25.6 Å².